The number of hydrogen-bond donors (Lipinski definition) is 1. The van der Waals surface area contributed by atoms with Gasteiger partial charge in [0.05, 0.1) is 71.0 Å². The lowest BCUT2D eigenvalue weighted by atomic mass is 10.1. The molecule has 3 amide bonds. The third kappa shape index (κ3) is 13.4. The number of fused-ring (bicyclic) bond motifs is 1. The summed E-state index contributed by atoms with van der Waals surface area (Å²) in [7, 11) is 1.58. The number of halogens is 1. The molecule has 0 saturated carbocycles. The molecule has 0 aliphatic carbocycles. The van der Waals surface area contributed by atoms with Crippen molar-refractivity contribution in [2.24, 2.45) is 4.99 Å². The molecule has 1 N–H and O–H groups in total. The van der Waals surface area contributed by atoms with Crippen molar-refractivity contribution in [3.8, 4) is 5.75 Å². The first-order valence-corrected chi connectivity index (χ1v) is 17.1. The molecule has 15 heteroatoms. The second-order valence-corrected chi connectivity index (χ2v) is 11.9. The Hall–Kier alpha value is -4.31. The molecule has 3 aromatic rings. The summed E-state index contributed by atoms with van der Waals surface area (Å²) >= 11 is 11.7. The molecule has 0 spiro atoms. The van der Waals surface area contributed by atoms with Gasteiger partial charge in [0.15, 0.2) is 0 Å². The molecule has 13 nitrogen and oxygen atoms in total. The lowest BCUT2D eigenvalue weighted by molar-refractivity contribution is -0.137. The van der Waals surface area contributed by atoms with Gasteiger partial charge in [-0.1, -0.05) is 23.8 Å². The highest BCUT2D eigenvalue weighted by Gasteiger charge is 2.23. The van der Waals surface area contributed by atoms with Crippen molar-refractivity contribution in [1.82, 2.24) is 10.2 Å². The van der Waals surface area contributed by atoms with Gasteiger partial charge in [0, 0.05) is 48.6 Å². The van der Waals surface area contributed by atoms with Crippen LogP contribution in [0.2, 0.25) is 5.02 Å². The highest BCUT2D eigenvalue weighted by atomic mass is 35.5. The highest BCUT2D eigenvalue weighted by molar-refractivity contribution is 7.80. The Balaban J connectivity index is 1.04. The summed E-state index contributed by atoms with van der Waals surface area (Å²) in [5.74, 6) is -0.428. The van der Waals surface area contributed by atoms with Gasteiger partial charge in [-0.2, -0.15) is 0 Å². The van der Waals surface area contributed by atoms with Crippen molar-refractivity contribution in [3.63, 3.8) is 0 Å². The molecule has 2 aromatic carbocycles. The Morgan fingerprint density at radius 2 is 1.45 bits per heavy atom. The Kier molecular flexibility index (Phi) is 16.4. The molecule has 2 heterocycles. The maximum absolute atomic E-state index is 12.7. The van der Waals surface area contributed by atoms with E-state index in [1.54, 1.807) is 55.6 Å². The average Bonchev–Trinajstić information content (AvgIpc) is 3.44. The Morgan fingerprint density at radius 1 is 0.824 bits per heavy atom. The van der Waals surface area contributed by atoms with Crippen LogP contribution in [0.5, 0.6) is 5.75 Å². The van der Waals surface area contributed by atoms with Gasteiger partial charge in [0.1, 0.15) is 22.1 Å². The normalized spacial score (nSPS) is 13.0. The number of nitrogens with zero attached hydrogens (tertiary/aromatic N) is 2. The Morgan fingerprint density at radius 3 is 2.10 bits per heavy atom. The monoisotopic (exact) mass is 741 g/mol. The van der Waals surface area contributed by atoms with Crippen LogP contribution >= 0.6 is 23.8 Å². The molecule has 1 aliphatic heterocycles. The molecule has 0 saturated heterocycles. The number of carbonyl (C=O) groups excluding carboxylic acids is 4. The fraction of sp³-hybridized carbons (Fsp3) is 0.389. The van der Waals surface area contributed by atoms with E-state index < -0.39 is 0 Å². The van der Waals surface area contributed by atoms with Crippen molar-refractivity contribution in [2.45, 2.75) is 25.7 Å². The number of ether oxygens (including phenoxy) is 5. The summed E-state index contributed by atoms with van der Waals surface area (Å²) in [5.41, 5.74) is 1.84. The van der Waals surface area contributed by atoms with E-state index in [1.165, 1.54) is 12.2 Å². The number of nitrogens with one attached hydrogen (secondary N) is 1. The van der Waals surface area contributed by atoms with Crippen LogP contribution in [-0.2, 0) is 38.1 Å². The molecular formula is C36H40ClN3O10S. The molecule has 51 heavy (non-hydrogen) atoms. The van der Waals surface area contributed by atoms with Gasteiger partial charge < -0.3 is 33.4 Å². The van der Waals surface area contributed by atoms with Crippen molar-refractivity contribution in [2.75, 3.05) is 66.5 Å². The van der Waals surface area contributed by atoms with Crippen LogP contribution in [0, 0.1) is 0 Å². The topological polar surface area (TPSA) is 155 Å². The van der Waals surface area contributed by atoms with Gasteiger partial charge in [-0.3, -0.25) is 24.1 Å². The summed E-state index contributed by atoms with van der Waals surface area (Å²) in [6.45, 7) is 2.84. The summed E-state index contributed by atoms with van der Waals surface area (Å²) in [5, 5.41) is 3.96. The lowest BCUT2D eigenvalue weighted by Crippen LogP contribution is -2.33. The minimum Gasteiger partial charge on any atom is -0.497 e. The molecule has 272 valence electrons. The van der Waals surface area contributed by atoms with Gasteiger partial charge in [-0.05, 0) is 55.0 Å². The van der Waals surface area contributed by atoms with Gasteiger partial charge in [-0.25, -0.2) is 4.99 Å². The molecule has 4 rings (SSSR count). The zero-order valence-corrected chi connectivity index (χ0v) is 29.8. The zero-order chi connectivity index (χ0) is 36.4. The zero-order valence-electron chi connectivity index (χ0n) is 28.2. The second-order valence-electron chi connectivity index (χ2n) is 11.1. The van der Waals surface area contributed by atoms with Crippen LogP contribution in [0.1, 0.15) is 31.2 Å². The quantitative estimate of drug-likeness (QED) is 0.0894. The Bertz CT molecular complexity index is 1760. The first kappa shape index (κ1) is 39.5. The number of rotatable bonds is 22. The smallest absolute Gasteiger partial charge is 0.253 e. The second kappa shape index (κ2) is 21.1. The molecule has 0 radical (unpaired) electrons. The van der Waals surface area contributed by atoms with Gasteiger partial charge in [-0.15, -0.1) is 0 Å². The van der Waals surface area contributed by atoms with Crippen molar-refractivity contribution >= 4 is 69.0 Å². The van der Waals surface area contributed by atoms with Crippen LogP contribution in [0.4, 0.5) is 5.69 Å². The van der Waals surface area contributed by atoms with E-state index in [1.807, 2.05) is 0 Å². The number of methoxy groups -OCH3 is 1. The van der Waals surface area contributed by atoms with E-state index in [0.29, 0.717) is 92.1 Å². The lowest BCUT2D eigenvalue weighted by Gasteiger charge is -2.12. The van der Waals surface area contributed by atoms with Crippen LogP contribution in [0.25, 0.3) is 11.0 Å². The Labute approximate surface area is 305 Å². The minimum absolute atomic E-state index is 0.0249. The van der Waals surface area contributed by atoms with E-state index in [9.17, 15) is 19.2 Å². The first-order valence-electron chi connectivity index (χ1n) is 16.4. The minimum atomic E-state index is -0.384. The summed E-state index contributed by atoms with van der Waals surface area (Å²) in [6.07, 6.45) is 3.50. The number of benzene rings is 2. The van der Waals surface area contributed by atoms with Crippen LogP contribution in [-0.4, -0.2) is 99.9 Å². The average molecular weight is 742 g/mol. The van der Waals surface area contributed by atoms with E-state index in [2.05, 4.69) is 10.3 Å². The van der Waals surface area contributed by atoms with Gasteiger partial charge in [0.25, 0.3) is 11.8 Å². The summed E-state index contributed by atoms with van der Waals surface area (Å²) < 4.78 is 33.2. The summed E-state index contributed by atoms with van der Waals surface area (Å²) in [6, 6.07) is 14.1. The molecule has 0 unspecified atom stereocenters. The fourth-order valence-electron chi connectivity index (χ4n) is 4.69. The largest absolute Gasteiger partial charge is 0.497 e. The molecule has 1 aromatic heterocycles. The first-order chi connectivity index (χ1) is 24.7. The van der Waals surface area contributed by atoms with Gasteiger partial charge >= 0.3 is 0 Å². The molecule has 0 bridgehead atoms. The maximum atomic E-state index is 12.7. The van der Waals surface area contributed by atoms with E-state index in [4.69, 9.17) is 51.9 Å². The number of Topliss-reactive ketones (excluding diaryl/α,β-unsaturated/α-hetero) is 1. The predicted molar refractivity (Wildman–Crippen MR) is 192 cm³/mol. The molecule has 1 aliphatic rings. The number of carbonyl (C=O) groups is 4. The van der Waals surface area contributed by atoms with E-state index in [0.717, 1.165) is 4.90 Å². The SMILES string of the molecule is COc1ccc(N=c2oc3ccc(Cl)cc3cc2C(=S)NC(=O)CCOCCOCCOCCOCCCC(=O)CCN2C(=O)C=CC2=O)cc1. The summed E-state index contributed by atoms with van der Waals surface area (Å²) in [4.78, 5) is 53.4. The van der Waals surface area contributed by atoms with Crippen LogP contribution in [0.3, 0.4) is 0 Å². The van der Waals surface area contributed by atoms with E-state index in [-0.39, 0.29) is 60.0 Å². The highest BCUT2D eigenvalue weighted by Crippen LogP contribution is 2.21. The third-order valence-electron chi connectivity index (χ3n) is 7.36. The number of thiocarbonyl (C=S) groups is 1. The molecule has 0 fully saturated rings. The van der Waals surface area contributed by atoms with E-state index >= 15 is 0 Å². The third-order valence-corrected chi connectivity index (χ3v) is 7.92. The molecule has 0 atom stereocenters. The number of imide groups is 1. The molecular weight excluding hydrogens is 702 g/mol. The van der Waals surface area contributed by atoms with Crippen LogP contribution in [0.15, 0.2) is 70.1 Å². The number of hydrogen-bond acceptors (Lipinski definition) is 12. The van der Waals surface area contributed by atoms with Crippen molar-refractivity contribution in [1.29, 1.82) is 0 Å². The van der Waals surface area contributed by atoms with Crippen LogP contribution < -0.4 is 15.6 Å². The fourth-order valence-corrected chi connectivity index (χ4v) is 5.13. The standard InChI is InChI=1S/C36H40ClN3O10S/c1-45-29-7-5-27(6-8-29)38-35-30(24-25-23-26(37)4-9-31(25)50-35)36(51)39-32(42)13-16-47-18-20-49-22-21-48-19-17-46-15-2-3-28(41)12-14-40-33(43)10-11-34(40)44/h4-11,23-24H,2-3,12-22H2,1H3,(H,39,42,51). The van der Waals surface area contributed by atoms with Crippen molar-refractivity contribution in [3.05, 3.63) is 76.8 Å². The number of amides is 3. The maximum Gasteiger partial charge on any atom is 0.253 e. The van der Waals surface area contributed by atoms with Gasteiger partial charge in [0.2, 0.25) is 11.5 Å². The predicted octanol–water partition coefficient (Wildman–Crippen LogP) is 4.24. The van der Waals surface area contributed by atoms with Crippen molar-refractivity contribution < 1.29 is 47.3 Å². The number of ketones is 1.